The fourth-order valence-corrected chi connectivity index (χ4v) is 6.40. The van der Waals surface area contributed by atoms with Crippen LogP contribution in [-0.2, 0) is 16.8 Å². The lowest BCUT2D eigenvalue weighted by Crippen LogP contribution is -2.42. The third-order valence-electron chi connectivity index (χ3n) is 8.29. The molecule has 38 heavy (non-hydrogen) atoms. The molecule has 192 valence electrons. The summed E-state index contributed by atoms with van der Waals surface area (Å²) in [7, 11) is 0. The molecule has 1 amide bonds. The van der Waals surface area contributed by atoms with E-state index in [0.29, 0.717) is 12.6 Å². The number of hydrogen-bond donors (Lipinski definition) is 2. The van der Waals surface area contributed by atoms with Crippen LogP contribution >= 0.6 is 0 Å². The van der Waals surface area contributed by atoms with Crippen LogP contribution in [0, 0.1) is 0 Å². The molecular weight excluding hydrogens is 466 g/mol. The third kappa shape index (κ3) is 4.61. The van der Waals surface area contributed by atoms with Gasteiger partial charge in [0, 0.05) is 36.1 Å². The lowest BCUT2D eigenvalue weighted by molar-refractivity contribution is -0.119. The summed E-state index contributed by atoms with van der Waals surface area (Å²) in [6, 6.07) is 38.2. The maximum atomic E-state index is 14.0. The minimum atomic E-state index is -0.754. The summed E-state index contributed by atoms with van der Waals surface area (Å²) in [6.07, 6.45) is 4.34. The van der Waals surface area contributed by atoms with Gasteiger partial charge in [0.2, 0.25) is 5.91 Å². The Morgan fingerprint density at radius 1 is 0.816 bits per heavy atom. The van der Waals surface area contributed by atoms with E-state index in [2.05, 4.69) is 100 Å². The average Bonchev–Trinajstić information content (AvgIpc) is 3.29. The van der Waals surface area contributed by atoms with Crippen molar-refractivity contribution in [2.75, 3.05) is 23.7 Å². The first-order chi connectivity index (χ1) is 18.8. The molecule has 0 aliphatic carbocycles. The summed E-state index contributed by atoms with van der Waals surface area (Å²) in [4.78, 5) is 16.7. The number of carbonyl (C=O) groups is 1. The summed E-state index contributed by atoms with van der Waals surface area (Å²) in [6.45, 7) is 2.62. The van der Waals surface area contributed by atoms with E-state index in [-0.39, 0.29) is 5.91 Å². The van der Waals surface area contributed by atoms with Crippen molar-refractivity contribution < 1.29 is 4.79 Å². The standard InChI is InChI=1S/C34H35N3O/c38-33-34(28-17-8-3-9-18-28,22-24-37-23-11-10-21-31(37)27-15-6-2-7-16-27)32-29(19-12-20-30(32)36-33)35-25-26-13-4-1-5-14-26/h1-9,12-20,31,35H,10-11,21-25H2,(H,36,38). The molecule has 2 aliphatic rings. The summed E-state index contributed by atoms with van der Waals surface area (Å²) in [5.74, 6) is 0.0703. The first-order valence-electron chi connectivity index (χ1n) is 13.8. The van der Waals surface area contributed by atoms with Crippen LogP contribution in [0.4, 0.5) is 11.4 Å². The topological polar surface area (TPSA) is 44.4 Å². The number of amides is 1. The van der Waals surface area contributed by atoms with Crippen LogP contribution in [-0.4, -0.2) is 23.9 Å². The van der Waals surface area contributed by atoms with E-state index in [0.717, 1.165) is 48.4 Å². The summed E-state index contributed by atoms with van der Waals surface area (Å²) in [5, 5.41) is 6.93. The smallest absolute Gasteiger partial charge is 0.239 e. The van der Waals surface area contributed by atoms with Crippen molar-refractivity contribution >= 4 is 17.3 Å². The molecule has 2 atom stereocenters. The zero-order chi connectivity index (χ0) is 25.8. The molecule has 6 rings (SSSR count). The minimum Gasteiger partial charge on any atom is -0.381 e. The first kappa shape index (κ1) is 24.4. The second kappa shape index (κ2) is 10.8. The lowest BCUT2D eigenvalue weighted by Gasteiger charge is -2.39. The second-order valence-corrected chi connectivity index (χ2v) is 10.5. The molecule has 2 aliphatic heterocycles. The highest BCUT2D eigenvalue weighted by atomic mass is 16.2. The van der Waals surface area contributed by atoms with Gasteiger partial charge in [-0.2, -0.15) is 0 Å². The van der Waals surface area contributed by atoms with Gasteiger partial charge in [-0.3, -0.25) is 9.69 Å². The molecule has 4 nitrogen and oxygen atoms in total. The van der Waals surface area contributed by atoms with Gasteiger partial charge in [-0.25, -0.2) is 0 Å². The Morgan fingerprint density at radius 3 is 2.29 bits per heavy atom. The molecular formula is C34H35N3O. The molecule has 2 unspecified atom stereocenters. The summed E-state index contributed by atoms with van der Waals surface area (Å²) >= 11 is 0. The number of carbonyl (C=O) groups excluding carboxylic acids is 1. The molecule has 0 bridgehead atoms. The minimum absolute atomic E-state index is 0.0703. The number of nitrogens with zero attached hydrogens (tertiary/aromatic N) is 1. The maximum Gasteiger partial charge on any atom is 0.239 e. The van der Waals surface area contributed by atoms with Crippen molar-refractivity contribution in [3.05, 3.63) is 131 Å². The van der Waals surface area contributed by atoms with E-state index < -0.39 is 5.41 Å². The first-order valence-corrected chi connectivity index (χ1v) is 13.8. The predicted molar refractivity (Wildman–Crippen MR) is 155 cm³/mol. The Morgan fingerprint density at radius 2 is 1.53 bits per heavy atom. The number of anilines is 2. The number of likely N-dealkylation sites (tertiary alicyclic amines) is 1. The van der Waals surface area contributed by atoms with Crippen LogP contribution in [0.15, 0.2) is 109 Å². The van der Waals surface area contributed by atoms with Crippen molar-refractivity contribution in [1.29, 1.82) is 0 Å². The highest BCUT2D eigenvalue weighted by Crippen LogP contribution is 2.49. The van der Waals surface area contributed by atoms with Crippen LogP contribution in [0.3, 0.4) is 0 Å². The van der Waals surface area contributed by atoms with E-state index in [4.69, 9.17) is 0 Å². The van der Waals surface area contributed by atoms with E-state index in [1.165, 1.54) is 24.0 Å². The number of benzene rings is 4. The Kier molecular flexibility index (Phi) is 6.98. The zero-order valence-corrected chi connectivity index (χ0v) is 21.8. The highest BCUT2D eigenvalue weighted by Gasteiger charge is 2.49. The van der Waals surface area contributed by atoms with Gasteiger partial charge in [-0.1, -0.05) is 103 Å². The van der Waals surface area contributed by atoms with Crippen LogP contribution < -0.4 is 10.6 Å². The summed E-state index contributed by atoms with van der Waals surface area (Å²) < 4.78 is 0. The van der Waals surface area contributed by atoms with Crippen molar-refractivity contribution in [3.63, 3.8) is 0 Å². The van der Waals surface area contributed by atoms with Gasteiger partial charge in [-0.15, -0.1) is 0 Å². The van der Waals surface area contributed by atoms with Crippen molar-refractivity contribution in [3.8, 4) is 0 Å². The molecule has 4 aromatic carbocycles. The molecule has 1 fully saturated rings. The number of piperidine rings is 1. The van der Waals surface area contributed by atoms with E-state index in [1.54, 1.807) is 0 Å². The molecule has 4 heteroatoms. The van der Waals surface area contributed by atoms with Crippen LogP contribution in [0.5, 0.6) is 0 Å². The highest BCUT2D eigenvalue weighted by molar-refractivity contribution is 6.10. The van der Waals surface area contributed by atoms with Crippen LogP contribution in [0.1, 0.15) is 54.0 Å². The van der Waals surface area contributed by atoms with Gasteiger partial charge in [-0.05, 0) is 54.6 Å². The number of rotatable bonds is 8. The van der Waals surface area contributed by atoms with Gasteiger partial charge >= 0.3 is 0 Å². The van der Waals surface area contributed by atoms with Crippen LogP contribution in [0.2, 0.25) is 0 Å². The molecule has 1 saturated heterocycles. The fourth-order valence-electron chi connectivity index (χ4n) is 6.40. The zero-order valence-electron chi connectivity index (χ0n) is 21.8. The SMILES string of the molecule is O=C1Nc2cccc(NCc3ccccc3)c2C1(CCN1CCCCC1c1ccccc1)c1ccccc1. The Bertz CT molecular complexity index is 1370. The quantitative estimate of drug-likeness (QED) is 0.269. The third-order valence-corrected chi connectivity index (χ3v) is 8.29. The molecule has 0 saturated carbocycles. The molecule has 2 N–H and O–H groups in total. The number of hydrogen-bond acceptors (Lipinski definition) is 3. The molecule has 2 heterocycles. The summed E-state index contributed by atoms with van der Waals surface area (Å²) in [5.41, 5.74) is 5.89. The number of fused-ring (bicyclic) bond motifs is 1. The van der Waals surface area contributed by atoms with Gasteiger partial charge in [0.05, 0.1) is 0 Å². The Labute approximate surface area is 225 Å². The van der Waals surface area contributed by atoms with Gasteiger partial charge < -0.3 is 10.6 Å². The lowest BCUT2D eigenvalue weighted by atomic mass is 9.72. The number of nitrogens with one attached hydrogen (secondary N) is 2. The predicted octanol–water partition coefficient (Wildman–Crippen LogP) is 7.15. The normalized spacial score (nSPS) is 21.1. The molecule has 0 spiro atoms. The van der Waals surface area contributed by atoms with E-state index in [1.807, 2.05) is 24.3 Å². The Hall–Kier alpha value is -3.89. The largest absolute Gasteiger partial charge is 0.381 e. The fraction of sp³-hybridized carbons (Fsp3) is 0.265. The molecule has 4 aromatic rings. The van der Waals surface area contributed by atoms with Gasteiger partial charge in [0.25, 0.3) is 0 Å². The van der Waals surface area contributed by atoms with Crippen molar-refractivity contribution in [2.45, 2.75) is 43.7 Å². The van der Waals surface area contributed by atoms with Gasteiger partial charge in [0.15, 0.2) is 0 Å². The Balaban J connectivity index is 1.37. The monoisotopic (exact) mass is 501 g/mol. The average molecular weight is 502 g/mol. The molecule has 0 radical (unpaired) electrons. The van der Waals surface area contributed by atoms with E-state index in [9.17, 15) is 4.79 Å². The van der Waals surface area contributed by atoms with Gasteiger partial charge in [0.1, 0.15) is 5.41 Å². The van der Waals surface area contributed by atoms with Crippen molar-refractivity contribution in [1.82, 2.24) is 4.90 Å². The van der Waals surface area contributed by atoms with E-state index >= 15 is 0 Å². The van der Waals surface area contributed by atoms with Crippen molar-refractivity contribution in [2.24, 2.45) is 0 Å². The molecule has 0 aromatic heterocycles. The maximum absolute atomic E-state index is 14.0. The van der Waals surface area contributed by atoms with Crippen LogP contribution in [0.25, 0.3) is 0 Å². The second-order valence-electron chi connectivity index (χ2n) is 10.5.